The highest BCUT2D eigenvalue weighted by Gasteiger charge is 2.17. The molecule has 4 heterocycles. The molecule has 0 N–H and O–H groups in total. The lowest BCUT2D eigenvalue weighted by Crippen LogP contribution is -1.96. The van der Waals surface area contributed by atoms with E-state index < -0.39 is 0 Å². The van der Waals surface area contributed by atoms with Crippen molar-refractivity contribution in [2.45, 2.75) is 0 Å². The van der Waals surface area contributed by atoms with E-state index in [0.717, 1.165) is 61.0 Å². The molecule has 0 atom stereocenters. The number of fused-ring (bicyclic) bond motifs is 11. The Labute approximate surface area is 245 Å². The Morgan fingerprint density at radius 2 is 1.19 bits per heavy atom. The highest BCUT2D eigenvalue weighted by atomic mass is 16.3. The third-order valence-corrected chi connectivity index (χ3v) is 8.88. The summed E-state index contributed by atoms with van der Waals surface area (Å²) >= 11 is 0. The summed E-state index contributed by atoms with van der Waals surface area (Å²) in [6.45, 7) is 0. The van der Waals surface area contributed by atoms with Gasteiger partial charge in [0.2, 0.25) is 0 Å². The monoisotopic (exact) mass is 549 g/mol. The molecule has 0 amide bonds. The molecular formula is C39H23N3O. The van der Waals surface area contributed by atoms with Crippen molar-refractivity contribution in [2.24, 2.45) is 0 Å². The second-order valence-corrected chi connectivity index (χ2v) is 11.2. The maximum absolute atomic E-state index is 6.26. The summed E-state index contributed by atoms with van der Waals surface area (Å²) in [4.78, 5) is 5.18. The molecule has 0 aliphatic rings. The molecule has 4 aromatic heterocycles. The van der Waals surface area contributed by atoms with Crippen LogP contribution >= 0.6 is 0 Å². The molecule has 0 unspecified atom stereocenters. The molecular weight excluding hydrogens is 526 g/mol. The molecule has 0 saturated carbocycles. The molecule has 6 aromatic carbocycles. The first kappa shape index (κ1) is 22.8. The zero-order valence-electron chi connectivity index (χ0n) is 23.0. The summed E-state index contributed by atoms with van der Waals surface area (Å²) in [5.41, 5.74) is 11.7. The van der Waals surface area contributed by atoms with Gasteiger partial charge in [0, 0.05) is 38.2 Å². The van der Waals surface area contributed by atoms with Gasteiger partial charge in [0.05, 0.1) is 38.8 Å². The van der Waals surface area contributed by atoms with Gasteiger partial charge in [-0.15, -0.1) is 0 Å². The predicted molar refractivity (Wildman–Crippen MR) is 177 cm³/mol. The Bertz CT molecular complexity index is 2720. The van der Waals surface area contributed by atoms with Crippen molar-refractivity contribution in [3.63, 3.8) is 0 Å². The van der Waals surface area contributed by atoms with Crippen LogP contribution in [0.5, 0.6) is 0 Å². The highest BCUT2D eigenvalue weighted by molar-refractivity contribution is 6.17. The third kappa shape index (κ3) is 3.12. The van der Waals surface area contributed by atoms with E-state index >= 15 is 0 Å². The second kappa shape index (κ2) is 8.34. The van der Waals surface area contributed by atoms with Crippen molar-refractivity contribution >= 4 is 71.2 Å². The number of benzene rings is 6. The van der Waals surface area contributed by atoms with Gasteiger partial charge in [0.25, 0.3) is 0 Å². The molecule has 10 rings (SSSR count). The summed E-state index contributed by atoms with van der Waals surface area (Å²) < 4.78 is 11.0. The lowest BCUT2D eigenvalue weighted by Gasteiger charge is -2.12. The van der Waals surface area contributed by atoms with E-state index in [9.17, 15) is 0 Å². The van der Waals surface area contributed by atoms with Crippen LogP contribution in [0.1, 0.15) is 0 Å². The topological polar surface area (TPSA) is 35.4 Å². The van der Waals surface area contributed by atoms with Gasteiger partial charge in [0.15, 0.2) is 0 Å². The van der Waals surface area contributed by atoms with E-state index in [1.165, 1.54) is 27.2 Å². The van der Waals surface area contributed by atoms with E-state index in [4.69, 9.17) is 9.40 Å². The van der Waals surface area contributed by atoms with Crippen LogP contribution in [0.25, 0.3) is 88.1 Å². The summed E-state index contributed by atoms with van der Waals surface area (Å²) in [7, 11) is 0. The van der Waals surface area contributed by atoms with Gasteiger partial charge in [-0.25, -0.2) is 4.98 Å². The van der Waals surface area contributed by atoms with Gasteiger partial charge in [-0.05, 0) is 60.7 Å². The average Bonchev–Trinajstić information content (AvgIpc) is 3.73. The molecule has 0 aliphatic carbocycles. The molecule has 0 spiro atoms. The molecule has 0 fully saturated rings. The molecule has 0 radical (unpaired) electrons. The lowest BCUT2D eigenvalue weighted by molar-refractivity contribution is 0.669. The zero-order chi connectivity index (χ0) is 28.1. The van der Waals surface area contributed by atoms with Gasteiger partial charge >= 0.3 is 0 Å². The molecule has 43 heavy (non-hydrogen) atoms. The number of furan rings is 1. The fourth-order valence-corrected chi connectivity index (χ4v) is 6.96. The first-order chi connectivity index (χ1) is 21.3. The molecule has 0 aliphatic heterocycles. The molecule has 0 bridgehead atoms. The largest absolute Gasteiger partial charge is 0.456 e. The van der Waals surface area contributed by atoms with E-state index in [2.05, 4.69) is 136 Å². The SMILES string of the molecule is c1ccc2c(c1)cc1c(-c3ccc(-n4c5ccccc5c5cc6oc7ccccc7c6cc54)cc3)nc3ccccc3n12. The smallest absolute Gasteiger partial charge is 0.136 e. The fourth-order valence-electron chi connectivity index (χ4n) is 6.96. The zero-order valence-corrected chi connectivity index (χ0v) is 23.0. The van der Waals surface area contributed by atoms with Crippen molar-refractivity contribution in [1.82, 2.24) is 14.0 Å². The maximum atomic E-state index is 6.26. The van der Waals surface area contributed by atoms with E-state index in [1.54, 1.807) is 0 Å². The van der Waals surface area contributed by atoms with Crippen LogP contribution < -0.4 is 0 Å². The van der Waals surface area contributed by atoms with Crippen molar-refractivity contribution in [2.75, 3.05) is 0 Å². The lowest BCUT2D eigenvalue weighted by atomic mass is 10.1. The summed E-state index contributed by atoms with van der Waals surface area (Å²) in [5, 5.41) is 5.87. The molecule has 200 valence electrons. The number of hydrogen-bond donors (Lipinski definition) is 0. The Balaban J connectivity index is 1.21. The summed E-state index contributed by atoms with van der Waals surface area (Å²) in [6.07, 6.45) is 0. The molecule has 10 aromatic rings. The van der Waals surface area contributed by atoms with Crippen LogP contribution in [0.2, 0.25) is 0 Å². The minimum absolute atomic E-state index is 0.914. The van der Waals surface area contributed by atoms with Crippen molar-refractivity contribution < 1.29 is 4.42 Å². The molecule has 4 heteroatoms. The van der Waals surface area contributed by atoms with Gasteiger partial charge < -0.3 is 13.4 Å². The number of nitrogens with zero attached hydrogens (tertiary/aromatic N) is 3. The number of hydrogen-bond acceptors (Lipinski definition) is 2. The van der Waals surface area contributed by atoms with Crippen LogP contribution in [0.4, 0.5) is 0 Å². The first-order valence-electron chi connectivity index (χ1n) is 14.6. The van der Waals surface area contributed by atoms with Gasteiger partial charge in [0.1, 0.15) is 11.2 Å². The van der Waals surface area contributed by atoms with Gasteiger partial charge in [-0.3, -0.25) is 0 Å². The standard InChI is InChI=1S/C39H23N3O/c1-5-13-32-25(9-1)21-36-39(40-31-12-4-7-15-34(31)42(32)36)24-17-19-26(20-18-24)41-33-14-6-2-10-27(33)29-23-38-30(22-35(29)41)28-11-3-8-16-37(28)43-38/h1-23H. The van der Waals surface area contributed by atoms with Crippen LogP contribution in [0.15, 0.2) is 144 Å². The average molecular weight is 550 g/mol. The Kier molecular flexibility index (Phi) is 4.42. The Hall–Kier alpha value is -5.87. The van der Waals surface area contributed by atoms with Crippen molar-refractivity contribution in [3.8, 4) is 16.9 Å². The van der Waals surface area contributed by atoms with E-state index in [-0.39, 0.29) is 0 Å². The van der Waals surface area contributed by atoms with Crippen LogP contribution in [0, 0.1) is 0 Å². The summed E-state index contributed by atoms with van der Waals surface area (Å²) in [6, 6.07) is 49.4. The predicted octanol–water partition coefficient (Wildman–Crippen LogP) is 10.3. The fraction of sp³-hybridized carbons (Fsp3) is 0. The highest BCUT2D eigenvalue weighted by Crippen LogP contribution is 2.39. The Morgan fingerprint density at radius 1 is 0.465 bits per heavy atom. The van der Waals surface area contributed by atoms with E-state index in [1.807, 2.05) is 12.1 Å². The molecule has 0 saturated heterocycles. The minimum atomic E-state index is 0.914. The van der Waals surface area contributed by atoms with E-state index in [0.29, 0.717) is 0 Å². The normalized spacial score (nSPS) is 12.2. The number of aromatic nitrogens is 3. The second-order valence-electron chi connectivity index (χ2n) is 11.2. The first-order valence-corrected chi connectivity index (χ1v) is 14.6. The summed E-state index contributed by atoms with van der Waals surface area (Å²) in [5.74, 6) is 0. The Morgan fingerprint density at radius 3 is 2.07 bits per heavy atom. The maximum Gasteiger partial charge on any atom is 0.136 e. The van der Waals surface area contributed by atoms with Gasteiger partial charge in [-0.2, -0.15) is 0 Å². The van der Waals surface area contributed by atoms with Crippen molar-refractivity contribution in [1.29, 1.82) is 0 Å². The molecule has 4 nitrogen and oxygen atoms in total. The quantitative estimate of drug-likeness (QED) is 0.215. The minimum Gasteiger partial charge on any atom is -0.456 e. The number of rotatable bonds is 2. The third-order valence-electron chi connectivity index (χ3n) is 8.88. The van der Waals surface area contributed by atoms with Crippen LogP contribution in [0.3, 0.4) is 0 Å². The van der Waals surface area contributed by atoms with Crippen molar-refractivity contribution in [3.05, 3.63) is 140 Å². The van der Waals surface area contributed by atoms with Crippen LogP contribution in [-0.2, 0) is 0 Å². The number of para-hydroxylation sites is 5. The van der Waals surface area contributed by atoms with Crippen LogP contribution in [-0.4, -0.2) is 14.0 Å². The van der Waals surface area contributed by atoms with Gasteiger partial charge in [-0.1, -0.05) is 78.9 Å².